The molecule has 2 aromatic heterocycles. The van der Waals surface area contributed by atoms with Crippen LogP contribution in [0.15, 0.2) is 22.7 Å². The van der Waals surface area contributed by atoms with Crippen LogP contribution in [0.25, 0.3) is 11.0 Å². The van der Waals surface area contributed by atoms with Crippen molar-refractivity contribution in [1.82, 2.24) is 4.98 Å². The lowest BCUT2D eigenvalue weighted by molar-refractivity contribution is 0.0976. The Morgan fingerprint density at radius 1 is 1.54 bits per heavy atom. The third kappa shape index (κ3) is 1.28. The summed E-state index contributed by atoms with van der Waals surface area (Å²) in [6, 6.07) is 3.15. The molecular formula is C8H5BN2O2. The third-order valence-electron chi connectivity index (χ3n) is 1.67. The molecule has 0 aliphatic rings. The van der Waals surface area contributed by atoms with Crippen molar-refractivity contribution in [3.8, 4) is 0 Å². The summed E-state index contributed by atoms with van der Waals surface area (Å²) in [6.07, 6.45) is 1.46. The van der Waals surface area contributed by atoms with Crippen LogP contribution in [0, 0.1) is 0 Å². The number of amides is 1. The molecule has 2 heterocycles. The molecular weight excluding hydrogens is 167 g/mol. The van der Waals surface area contributed by atoms with E-state index in [1.165, 1.54) is 12.3 Å². The molecule has 5 heteroatoms. The maximum atomic E-state index is 10.7. The van der Waals surface area contributed by atoms with Gasteiger partial charge in [0, 0.05) is 5.39 Å². The first-order valence-electron chi connectivity index (χ1n) is 3.61. The number of aromatic nitrogens is 1. The maximum absolute atomic E-state index is 10.7. The SMILES string of the molecule is [B]c1cc2cc(C(N)=O)oc2cn1. The number of primary amides is 1. The molecule has 0 aliphatic heterocycles. The number of carbonyl (C=O) groups is 1. The number of rotatable bonds is 1. The van der Waals surface area contributed by atoms with Crippen LogP contribution < -0.4 is 11.3 Å². The maximum Gasteiger partial charge on any atom is 0.284 e. The Morgan fingerprint density at radius 3 is 3.00 bits per heavy atom. The molecule has 2 N–H and O–H groups in total. The summed E-state index contributed by atoms with van der Waals surface area (Å²) in [5.41, 5.74) is 5.91. The van der Waals surface area contributed by atoms with E-state index in [-0.39, 0.29) is 5.76 Å². The molecule has 0 fully saturated rings. The van der Waals surface area contributed by atoms with E-state index in [0.717, 1.165) is 5.39 Å². The molecule has 0 saturated heterocycles. The van der Waals surface area contributed by atoms with Gasteiger partial charge in [0.2, 0.25) is 0 Å². The monoisotopic (exact) mass is 172 g/mol. The molecule has 0 saturated carbocycles. The summed E-state index contributed by atoms with van der Waals surface area (Å²) in [4.78, 5) is 14.5. The molecule has 0 aliphatic carbocycles. The van der Waals surface area contributed by atoms with E-state index in [9.17, 15) is 4.79 Å². The van der Waals surface area contributed by atoms with Gasteiger partial charge < -0.3 is 10.2 Å². The van der Waals surface area contributed by atoms with Crippen LogP contribution in [-0.4, -0.2) is 18.7 Å². The molecule has 1 amide bonds. The van der Waals surface area contributed by atoms with Gasteiger partial charge in [-0.2, -0.15) is 0 Å². The highest BCUT2D eigenvalue weighted by Gasteiger charge is 2.08. The predicted molar refractivity (Wildman–Crippen MR) is 47.9 cm³/mol. The Bertz CT molecular complexity index is 478. The number of hydrogen-bond acceptors (Lipinski definition) is 3. The average Bonchev–Trinajstić information content (AvgIpc) is 2.46. The Morgan fingerprint density at radius 2 is 2.31 bits per heavy atom. The number of carbonyl (C=O) groups excluding carboxylic acids is 1. The molecule has 62 valence electrons. The van der Waals surface area contributed by atoms with E-state index in [1.54, 1.807) is 6.07 Å². The van der Waals surface area contributed by atoms with Gasteiger partial charge in [0.25, 0.3) is 5.91 Å². The summed E-state index contributed by atoms with van der Waals surface area (Å²) < 4.78 is 5.09. The second kappa shape index (κ2) is 2.62. The van der Waals surface area contributed by atoms with E-state index in [2.05, 4.69) is 4.98 Å². The third-order valence-corrected chi connectivity index (χ3v) is 1.67. The topological polar surface area (TPSA) is 69.1 Å². The van der Waals surface area contributed by atoms with Crippen LogP contribution in [-0.2, 0) is 0 Å². The first-order valence-corrected chi connectivity index (χ1v) is 3.61. The molecule has 0 unspecified atom stereocenters. The van der Waals surface area contributed by atoms with Gasteiger partial charge in [-0.1, -0.05) is 0 Å². The zero-order chi connectivity index (χ0) is 9.42. The molecule has 4 nitrogen and oxygen atoms in total. The Kier molecular flexibility index (Phi) is 1.58. The van der Waals surface area contributed by atoms with Crippen molar-refractivity contribution in [3.05, 3.63) is 24.1 Å². The lowest BCUT2D eigenvalue weighted by Gasteiger charge is -1.89. The Hall–Kier alpha value is -1.78. The molecule has 0 bridgehead atoms. The number of pyridine rings is 1. The molecule has 2 radical (unpaired) electrons. The van der Waals surface area contributed by atoms with Gasteiger partial charge in [0.05, 0.1) is 6.20 Å². The van der Waals surface area contributed by atoms with E-state index in [0.29, 0.717) is 11.2 Å². The van der Waals surface area contributed by atoms with Crippen molar-refractivity contribution in [3.63, 3.8) is 0 Å². The molecule has 2 aromatic rings. The summed E-state index contributed by atoms with van der Waals surface area (Å²) >= 11 is 0. The van der Waals surface area contributed by atoms with Crippen LogP contribution in [0.4, 0.5) is 0 Å². The molecule has 0 atom stereocenters. The van der Waals surface area contributed by atoms with Crippen molar-refractivity contribution >= 4 is 30.3 Å². The lowest BCUT2D eigenvalue weighted by atomic mass is 10.0. The smallest absolute Gasteiger partial charge is 0.284 e. The van der Waals surface area contributed by atoms with E-state index < -0.39 is 5.91 Å². The normalized spacial score (nSPS) is 10.5. The van der Waals surface area contributed by atoms with Crippen LogP contribution in [0.1, 0.15) is 10.6 Å². The van der Waals surface area contributed by atoms with E-state index in [1.807, 2.05) is 0 Å². The van der Waals surface area contributed by atoms with Crippen molar-refractivity contribution in [1.29, 1.82) is 0 Å². The first kappa shape index (κ1) is 7.85. The van der Waals surface area contributed by atoms with Crippen LogP contribution in [0.5, 0.6) is 0 Å². The van der Waals surface area contributed by atoms with Crippen molar-refractivity contribution in [2.75, 3.05) is 0 Å². The first-order chi connectivity index (χ1) is 6.16. The molecule has 0 spiro atoms. The van der Waals surface area contributed by atoms with Crippen molar-refractivity contribution in [2.24, 2.45) is 5.73 Å². The fraction of sp³-hybridized carbons (Fsp3) is 0. The highest BCUT2D eigenvalue weighted by atomic mass is 16.3. The van der Waals surface area contributed by atoms with Gasteiger partial charge in [-0.3, -0.25) is 9.78 Å². The fourth-order valence-electron chi connectivity index (χ4n) is 1.08. The van der Waals surface area contributed by atoms with Crippen molar-refractivity contribution in [2.45, 2.75) is 0 Å². The van der Waals surface area contributed by atoms with E-state index in [4.69, 9.17) is 18.0 Å². The Balaban J connectivity index is 2.68. The summed E-state index contributed by atoms with van der Waals surface area (Å²) in [5.74, 6) is -0.489. The lowest BCUT2D eigenvalue weighted by Crippen LogP contribution is -2.08. The van der Waals surface area contributed by atoms with Gasteiger partial charge in [-0.15, -0.1) is 0 Å². The van der Waals surface area contributed by atoms with Gasteiger partial charge in [-0.25, -0.2) is 0 Å². The minimum Gasteiger partial charge on any atom is -0.449 e. The second-order valence-electron chi connectivity index (χ2n) is 2.62. The van der Waals surface area contributed by atoms with Gasteiger partial charge in [-0.05, 0) is 17.7 Å². The zero-order valence-electron chi connectivity index (χ0n) is 6.65. The quantitative estimate of drug-likeness (QED) is 0.601. The molecule has 0 aromatic carbocycles. The van der Waals surface area contributed by atoms with Crippen molar-refractivity contribution < 1.29 is 9.21 Å². The summed E-state index contributed by atoms with van der Waals surface area (Å²) in [7, 11) is 5.44. The number of hydrogen-bond donors (Lipinski definition) is 1. The predicted octanol–water partition coefficient (Wildman–Crippen LogP) is -0.280. The second-order valence-corrected chi connectivity index (χ2v) is 2.62. The minimum atomic E-state index is -0.602. The Labute approximate surface area is 75.1 Å². The molecule has 13 heavy (non-hydrogen) atoms. The highest BCUT2D eigenvalue weighted by molar-refractivity contribution is 6.31. The van der Waals surface area contributed by atoms with Crippen LogP contribution in [0.3, 0.4) is 0 Å². The standard InChI is InChI=1S/C8H5BN2O2/c9-7-2-4-1-5(8(10)12)13-6(4)3-11-7/h1-3H,(H2,10,12). The highest BCUT2D eigenvalue weighted by Crippen LogP contribution is 2.16. The average molecular weight is 172 g/mol. The summed E-state index contributed by atoms with van der Waals surface area (Å²) in [6.45, 7) is 0. The summed E-state index contributed by atoms with van der Waals surface area (Å²) in [5, 5.41) is 0.723. The zero-order valence-corrected chi connectivity index (χ0v) is 6.65. The minimum absolute atomic E-state index is 0.113. The number of nitrogens with two attached hydrogens (primary N) is 1. The number of furan rings is 1. The van der Waals surface area contributed by atoms with Gasteiger partial charge in [0.15, 0.2) is 11.3 Å². The van der Waals surface area contributed by atoms with E-state index >= 15 is 0 Å². The number of nitrogens with zero attached hydrogens (tertiary/aromatic N) is 1. The van der Waals surface area contributed by atoms with Gasteiger partial charge >= 0.3 is 0 Å². The van der Waals surface area contributed by atoms with Crippen LogP contribution in [0.2, 0.25) is 0 Å². The van der Waals surface area contributed by atoms with Gasteiger partial charge in [0.1, 0.15) is 7.85 Å². The fourth-order valence-corrected chi connectivity index (χ4v) is 1.08. The largest absolute Gasteiger partial charge is 0.449 e. The molecule has 2 rings (SSSR count). The number of fused-ring (bicyclic) bond motifs is 1. The van der Waals surface area contributed by atoms with Crippen LogP contribution >= 0.6 is 0 Å².